The van der Waals surface area contributed by atoms with E-state index in [1.807, 2.05) is 12.1 Å². The van der Waals surface area contributed by atoms with E-state index in [0.29, 0.717) is 23.1 Å². The SMILES string of the molecule is C[C@@H]1O[C@@H]2C[C@@H](c3cc(C(=O)C(F)(F)F)c4cc5ccccc5cc4c3N2)[C@H]1O. The van der Waals surface area contributed by atoms with Crippen LogP contribution in [0, 0.1) is 0 Å². The maximum absolute atomic E-state index is 13.4. The monoisotopic (exact) mass is 401 g/mol. The lowest BCUT2D eigenvalue weighted by molar-refractivity contribution is -0.112. The number of alkyl halides is 3. The molecule has 1 fully saturated rings. The second-order valence-electron chi connectivity index (χ2n) is 7.77. The minimum atomic E-state index is -4.99. The Kier molecular flexibility index (Phi) is 3.92. The van der Waals surface area contributed by atoms with Crippen molar-refractivity contribution >= 4 is 33.0 Å². The topological polar surface area (TPSA) is 58.6 Å². The highest BCUT2D eigenvalue weighted by Crippen LogP contribution is 2.47. The van der Waals surface area contributed by atoms with Crippen molar-refractivity contribution in [1.82, 2.24) is 0 Å². The number of halogens is 3. The zero-order valence-corrected chi connectivity index (χ0v) is 15.5. The summed E-state index contributed by atoms with van der Waals surface area (Å²) in [7, 11) is 0. The summed E-state index contributed by atoms with van der Waals surface area (Å²) < 4.78 is 45.9. The lowest BCUT2D eigenvalue weighted by atomic mass is 9.79. The molecule has 0 aromatic heterocycles. The second-order valence-corrected chi connectivity index (χ2v) is 7.77. The maximum atomic E-state index is 13.4. The fraction of sp³-hybridized carbons (Fsp3) is 0.318. The Balaban J connectivity index is 1.85. The Morgan fingerprint density at radius 2 is 1.79 bits per heavy atom. The molecule has 3 aromatic rings. The van der Waals surface area contributed by atoms with Crippen molar-refractivity contribution in [2.24, 2.45) is 0 Å². The van der Waals surface area contributed by atoms with Crippen LogP contribution in [0.25, 0.3) is 21.5 Å². The lowest BCUT2D eigenvalue weighted by Crippen LogP contribution is -2.48. The zero-order valence-electron chi connectivity index (χ0n) is 15.5. The minimum Gasteiger partial charge on any atom is -0.390 e. The van der Waals surface area contributed by atoms with Crippen molar-refractivity contribution in [1.29, 1.82) is 0 Å². The summed E-state index contributed by atoms with van der Waals surface area (Å²) in [4.78, 5) is 12.3. The molecule has 2 aliphatic heterocycles. The Morgan fingerprint density at radius 1 is 1.14 bits per heavy atom. The van der Waals surface area contributed by atoms with E-state index >= 15 is 0 Å². The van der Waals surface area contributed by atoms with Gasteiger partial charge in [0.1, 0.15) is 6.23 Å². The van der Waals surface area contributed by atoms with Crippen LogP contribution in [0.3, 0.4) is 0 Å². The number of benzene rings is 3. The number of rotatable bonds is 1. The van der Waals surface area contributed by atoms with Gasteiger partial charge in [0.2, 0.25) is 0 Å². The van der Waals surface area contributed by atoms with Crippen LogP contribution in [0.1, 0.15) is 35.2 Å². The van der Waals surface area contributed by atoms with Crippen LogP contribution in [-0.4, -0.2) is 35.5 Å². The first-order valence-corrected chi connectivity index (χ1v) is 9.45. The number of aliphatic hydroxyl groups excluding tert-OH is 1. The first-order chi connectivity index (χ1) is 13.7. The fourth-order valence-electron chi connectivity index (χ4n) is 4.58. The van der Waals surface area contributed by atoms with E-state index in [1.54, 1.807) is 31.2 Å². The van der Waals surface area contributed by atoms with Gasteiger partial charge in [-0.25, -0.2) is 0 Å². The number of aliphatic hydroxyl groups is 1. The Bertz CT molecular complexity index is 1160. The molecule has 0 amide bonds. The van der Waals surface area contributed by atoms with Crippen LogP contribution in [0.15, 0.2) is 42.5 Å². The third-order valence-electron chi connectivity index (χ3n) is 5.98. The van der Waals surface area contributed by atoms with Gasteiger partial charge in [0, 0.05) is 29.0 Å². The van der Waals surface area contributed by atoms with Gasteiger partial charge in [-0.05, 0) is 46.8 Å². The van der Waals surface area contributed by atoms with Gasteiger partial charge in [-0.2, -0.15) is 13.2 Å². The molecule has 0 radical (unpaired) electrons. The molecule has 29 heavy (non-hydrogen) atoms. The lowest BCUT2D eigenvalue weighted by Gasteiger charge is -2.44. The molecule has 2 aliphatic rings. The summed E-state index contributed by atoms with van der Waals surface area (Å²) >= 11 is 0. The molecule has 2 heterocycles. The van der Waals surface area contributed by atoms with Gasteiger partial charge in [0.15, 0.2) is 0 Å². The number of carbonyl (C=O) groups excluding carboxylic acids is 1. The third-order valence-corrected chi connectivity index (χ3v) is 5.98. The first kappa shape index (κ1) is 18.4. The van der Waals surface area contributed by atoms with Gasteiger partial charge in [-0.1, -0.05) is 24.3 Å². The number of carbonyl (C=O) groups is 1. The Labute approximate surface area is 164 Å². The molecule has 2 bridgehead atoms. The largest absolute Gasteiger partial charge is 0.454 e. The highest BCUT2D eigenvalue weighted by Gasteiger charge is 2.44. The molecule has 4 atom stereocenters. The highest BCUT2D eigenvalue weighted by atomic mass is 19.4. The van der Waals surface area contributed by atoms with Crippen molar-refractivity contribution in [2.45, 2.75) is 43.9 Å². The van der Waals surface area contributed by atoms with Crippen LogP contribution in [0.5, 0.6) is 0 Å². The minimum absolute atomic E-state index is 0.236. The van der Waals surface area contributed by atoms with Crippen LogP contribution < -0.4 is 5.32 Å². The molecule has 0 unspecified atom stereocenters. The van der Waals surface area contributed by atoms with Gasteiger partial charge in [-0.15, -0.1) is 0 Å². The molecule has 1 saturated heterocycles. The van der Waals surface area contributed by atoms with E-state index in [1.165, 1.54) is 6.07 Å². The summed E-state index contributed by atoms with van der Waals surface area (Å²) in [6.07, 6.45) is -6.23. The van der Waals surface area contributed by atoms with Crippen molar-refractivity contribution in [3.05, 3.63) is 53.6 Å². The predicted octanol–water partition coefficient (Wildman–Crippen LogP) is 4.74. The van der Waals surface area contributed by atoms with E-state index < -0.39 is 30.1 Å². The smallest absolute Gasteiger partial charge is 0.390 e. The average Bonchev–Trinajstić information content (AvgIpc) is 2.69. The molecule has 0 spiro atoms. The van der Waals surface area contributed by atoms with Gasteiger partial charge in [-0.3, -0.25) is 4.79 Å². The summed E-state index contributed by atoms with van der Waals surface area (Å²) in [5.41, 5.74) is 0.763. The van der Waals surface area contributed by atoms with Crippen LogP contribution >= 0.6 is 0 Å². The van der Waals surface area contributed by atoms with Crippen LogP contribution in [0.4, 0.5) is 18.9 Å². The zero-order chi connectivity index (χ0) is 20.5. The summed E-state index contributed by atoms with van der Waals surface area (Å²) in [6, 6.07) is 12.0. The number of fused-ring (bicyclic) bond motifs is 7. The van der Waals surface area contributed by atoms with Gasteiger partial charge >= 0.3 is 6.18 Å². The van der Waals surface area contributed by atoms with Crippen molar-refractivity contribution in [3.63, 3.8) is 0 Å². The molecule has 7 heteroatoms. The molecule has 0 aliphatic carbocycles. The van der Waals surface area contributed by atoms with Gasteiger partial charge in [0.25, 0.3) is 5.78 Å². The molecule has 5 rings (SSSR count). The highest BCUT2D eigenvalue weighted by molar-refractivity contribution is 6.17. The Morgan fingerprint density at radius 3 is 2.45 bits per heavy atom. The molecular formula is C22H18F3NO3. The number of hydrogen-bond acceptors (Lipinski definition) is 4. The van der Waals surface area contributed by atoms with E-state index in [9.17, 15) is 23.1 Å². The van der Waals surface area contributed by atoms with Gasteiger partial charge < -0.3 is 15.2 Å². The first-order valence-electron chi connectivity index (χ1n) is 9.45. The number of hydrogen-bond donors (Lipinski definition) is 2. The standard InChI is InChI=1S/C22H18F3NO3/c1-10-20(27)16-9-18(29-10)26-19-14-7-12-5-3-2-4-11(12)6-13(14)17(8-15(16)19)21(28)22(23,24)25/h2-8,10,16,18,20,26-27H,9H2,1H3/t10-,16-,18+,20-/m0/s1. The van der Waals surface area contributed by atoms with Crippen LogP contribution in [0.2, 0.25) is 0 Å². The second kappa shape index (κ2) is 6.18. The van der Waals surface area contributed by atoms with E-state index in [0.717, 1.165) is 10.8 Å². The van der Waals surface area contributed by atoms with E-state index in [-0.39, 0.29) is 17.2 Å². The molecule has 3 aromatic carbocycles. The number of anilines is 1. The van der Waals surface area contributed by atoms with Crippen LogP contribution in [-0.2, 0) is 4.74 Å². The number of Topliss-reactive ketones (excluding diaryl/α,β-unsaturated/α-hetero) is 1. The number of ketones is 1. The van der Waals surface area contributed by atoms with Crippen molar-refractivity contribution < 1.29 is 27.8 Å². The van der Waals surface area contributed by atoms with Gasteiger partial charge in [0.05, 0.1) is 12.2 Å². The molecular weight excluding hydrogens is 383 g/mol. The Hall–Kier alpha value is -2.64. The maximum Gasteiger partial charge on any atom is 0.454 e. The molecule has 150 valence electrons. The van der Waals surface area contributed by atoms with Crippen molar-refractivity contribution in [2.75, 3.05) is 5.32 Å². The molecule has 4 nitrogen and oxygen atoms in total. The average molecular weight is 401 g/mol. The van der Waals surface area contributed by atoms with E-state index in [2.05, 4.69) is 5.32 Å². The normalized spacial score (nSPS) is 26.2. The summed E-state index contributed by atoms with van der Waals surface area (Å²) in [5.74, 6) is -2.28. The molecule has 2 N–H and O–H groups in total. The fourth-order valence-corrected chi connectivity index (χ4v) is 4.58. The number of ether oxygens (including phenoxy) is 1. The van der Waals surface area contributed by atoms with E-state index in [4.69, 9.17) is 4.74 Å². The molecule has 0 saturated carbocycles. The third kappa shape index (κ3) is 2.80. The summed E-state index contributed by atoms with van der Waals surface area (Å²) in [5, 5.41) is 16.2. The summed E-state index contributed by atoms with van der Waals surface area (Å²) in [6.45, 7) is 1.73. The number of nitrogens with one attached hydrogen (secondary N) is 1. The van der Waals surface area contributed by atoms with Crippen molar-refractivity contribution in [3.8, 4) is 0 Å². The predicted molar refractivity (Wildman–Crippen MR) is 103 cm³/mol. The quantitative estimate of drug-likeness (QED) is 0.457.